The third-order valence-electron chi connectivity index (χ3n) is 7.20. The first-order valence-electron chi connectivity index (χ1n) is 12.4. The molecule has 10 nitrogen and oxygen atoms in total. The van der Waals surface area contributed by atoms with Gasteiger partial charge in [0.15, 0.2) is 0 Å². The van der Waals surface area contributed by atoms with Gasteiger partial charge in [-0.25, -0.2) is 13.4 Å². The zero-order chi connectivity index (χ0) is 26.2. The zero-order valence-corrected chi connectivity index (χ0v) is 21.6. The number of fused-ring (bicyclic) bond motifs is 1. The molecule has 3 unspecified atom stereocenters. The molecule has 0 saturated carbocycles. The summed E-state index contributed by atoms with van der Waals surface area (Å²) in [5, 5.41) is 2.71. The first-order valence-corrected chi connectivity index (χ1v) is 13.8. The van der Waals surface area contributed by atoms with Crippen molar-refractivity contribution < 1.29 is 22.7 Å². The van der Waals surface area contributed by atoms with Gasteiger partial charge in [0.05, 0.1) is 11.0 Å². The molecule has 196 valence electrons. The van der Waals surface area contributed by atoms with E-state index >= 15 is 0 Å². The molecule has 3 fully saturated rings. The third-order valence-corrected chi connectivity index (χ3v) is 9.04. The number of rotatable bonds is 6. The van der Waals surface area contributed by atoms with Gasteiger partial charge in [0.2, 0.25) is 15.9 Å². The molecule has 0 bridgehead atoms. The number of nitrogens with one attached hydrogen (secondary N) is 1. The van der Waals surface area contributed by atoms with Crippen LogP contribution in [0.1, 0.15) is 22.5 Å². The number of anilines is 1. The predicted octanol–water partition coefficient (Wildman–Crippen LogP) is 1.39. The van der Waals surface area contributed by atoms with E-state index in [4.69, 9.17) is 4.74 Å². The van der Waals surface area contributed by atoms with E-state index in [1.807, 2.05) is 25.1 Å². The minimum absolute atomic E-state index is 0.0133. The average Bonchev–Trinajstić information content (AvgIpc) is 3.48. The van der Waals surface area contributed by atoms with Crippen LogP contribution >= 0.6 is 0 Å². The highest BCUT2D eigenvalue weighted by Crippen LogP contribution is 2.35. The molecule has 3 saturated heterocycles. The number of sulfonamides is 1. The number of aryl methyl sites for hydroxylation is 1. The van der Waals surface area contributed by atoms with Crippen molar-refractivity contribution in [2.75, 3.05) is 44.2 Å². The van der Waals surface area contributed by atoms with Crippen LogP contribution in [0.4, 0.5) is 5.82 Å². The SMILES string of the molecule is C=CC(=O)NC1CC2CN(S(=O)(=O)c3ccc(C(=O)N4CCN(c5cccc(C)n5)CC4)cc3)CC2O1. The Morgan fingerprint density at radius 1 is 1.08 bits per heavy atom. The molecule has 3 aliphatic heterocycles. The van der Waals surface area contributed by atoms with E-state index in [0.717, 1.165) is 11.5 Å². The van der Waals surface area contributed by atoms with Gasteiger partial charge < -0.3 is 19.9 Å². The number of piperazine rings is 1. The van der Waals surface area contributed by atoms with Gasteiger partial charge in [-0.3, -0.25) is 9.59 Å². The van der Waals surface area contributed by atoms with Crippen molar-refractivity contribution >= 4 is 27.7 Å². The van der Waals surface area contributed by atoms with Crippen LogP contribution in [0.15, 0.2) is 60.0 Å². The van der Waals surface area contributed by atoms with Crippen LogP contribution < -0.4 is 10.2 Å². The predicted molar refractivity (Wildman–Crippen MR) is 137 cm³/mol. The number of aromatic nitrogens is 1. The van der Waals surface area contributed by atoms with Gasteiger partial charge >= 0.3 is 0 Å². The molecular weight excluding hydrogens is 494 g/mol. The summed E-state index contributed by atoms with van der Waals surface area (Å²) >= 11 is 0. The van der Waals surface area contributed by atoms with Gasteiger partial charge in [0.25, 0.3) is 5.91 Å². The summed E-state index contributed by atoms with van der Waals surface area (Å²) in [4.78, 5) is 33.2. The van der Waals surface area contributed by atoms with E-state index in [1.54, 1.807) is 17.0 Å². The van der Waals surface area contributed by atoms with Gasteiger partial charge in [-0.1, -0.05) is 12.6 Å². The van der Waals surface area contributed by atoms with E-state index < -0.39 is 16.3 Å². The van der Waals surface area contributed by atoms with Gasteiger partial charge in [-0.2, -0.15) is 4.31 Å². The van der Waals surface area contributed by atoms with Crippen LogP contribution in [0, 0.1) is 12.8 Å². The van der Waals surface area contributed by atoms with Gasteiger partial charge in [-0.05, 0) is 55.8 Å². The number of hydrogen-bond acceptors (Lipinski definition) is 7. The molecule has 4 heterocycles. The van der Waals surface area contributed by atoms with Crippen LogP contribution in [0.25, 0.3) is 0 Å². The molecule has 1 aromatic carbocycles. The Kier molecular flexibility index (Phi) is 7.02. The lowest BCUT2D eigenvalue weighted by Gasteiger charge is -2.35. The Morgan fingerprint density at radius 2 is 1.81 bits per heavy atom. The maximum atomic E-state index is 13.2. The average molecular weight is 526 g/mol. The monoisotopic (exact) mass is 525 g/mol. The molecule has 3 atom stereocenters. The van der Waals surface area contributed by atoms with Crippen LogP contribution in [-0.4, -0.2) is 86.0 Å². The molecule has 1 aromatic heterocycles. The molecule has 2 amide bonds. The summed E-state index contributed by atoms with van der Waals surface area (Å²) in [6.07, 6.45) is 1.05. The van der Waals surface area contributed by atoms with Crippen LogP contribution in [0.2, 0.25) is 0 Å². The number of carbonyl (C=O) groups excluding carboxylic acids is 2. The van der Waals surface area contributed by atoms with Gasteiger partial charge in [-0.15, -0.1) is 0 Å². The number of nitrogens with zero attached hydrogens (tertiary/aromatic N) is 4. The standard InChI is InChI=1S/C26H31N5O5S/c1-3-24(32)28-25-15-20-16-31(17-22(20)36-25)37(34,35)21-9-7-19(8-10-21)26(33)30-13-11-29(12-14-30)23-6-4-5-18(2)27-23/h3-10,20,22,25H,1,11-17H2,2H3,(H,28,32). The van der Waals surface area contributed by atoms with E-state index in [2.05, 4.69) is 21.8 Å². The normalized spacial score (nSPS) is 24.1. The second-order valence-corrected chi connectivity index (χ2v) is 11.6. The Balaban J connectivity index is 1.17. The maximum Gasteiger partial charge on any atom is 0.253 e. The minimum Gasteiger partial charge on any atom is -0.354 e. The van der Waals surface area contributed by atoms with Crippen molar-refractivity contribution in [1.29, 1.82) is 0 Å². The second kappa shape index (κ2) is 10.2. The Morgan fingerprint density at radius 3 is 2.46 bits per heavy atom. The lowest BCUT2D eigenvalue weighted by atomic mass is 10.1. The number of benzene rings is 1. The minimum atomic E-state index is -3.72. The molecule has 0 radical (unpaired) electrons. The smallest absolute Gasteiger partial charge is 0.253 e. The highest BCUT2D eigenvalue weighted by atomic mass is 32.2. The molecular formula is C26H31N5O5S. The first-order chi connectivity index (χ1) is 17.7. The summed E-state index contributed by atoms with van der Waals surface area (Å²) in [5.74, 6) is 0.501. The topological polar surface area (TPSA) is 112 Å². The molecule has 2 aromatic rings. The number of hydrogen-bond donors (Lipinski definition) is 1. The van der Waals surface area contributed by atoms with Crippen molar-refractivity contribution in [3.8, 4) is 0 Å². The molecule has 1 N–H and O–H groups in total. The molecule has 37 heavy (non-hydrogen) atoms. The van der Waals surface area contributed by atoms with Gasteiger partial charge in [0, 0.05) is 56.4 Å². The highest BCUT2D eigenvalue weighted by Gasteiger charge is 2.46. The summed E-state index contributed by atoms with van der Waals surface area (Å²) in [5.41, 5.74) is 1.42. The molecule has 0 spiro atoms. The third kappa shape index (κ3) is 5.25. The fraction of sp³-hybridized carbons (Fsp3) is 0.423. The molecule has 11 heteroatoms. The molecule has 3 aliphatic rings. The van der Waals surface area contributed by atoms with E-state index in [9.17, 15) is 18.0 Å². The fourth-order valence-corrected chi connectivity index (χ4v) is 6.69. The summed E-state index contributed by atoms with van der Waals surface area (Å²) in [7, 11) is -3.72. The summed E-state index contributed by atoms with van der Waals surface area (Å²) in [6.45, 7) is 8.46. The maximum absolute atomic E-state index is 13.2. The highest BCUT2D eigenvalue weighted by molar-refractivity contribution is 7.89. The van der Waals surface area contributed by atoms with Crippen molar-refractivity contribution in [3.05, 3.63) is 66.4 Å². The first kappa shape index (κ1) is 25.4. The molecule has 0 aliphatic carbocycles. The van der Waals surface area contributed by atoms with Crippen molar-refractivity contribution in [3.63, 3.8) is 0 Å². The van der Waals surface area contributed by atoms with Crippen LogP contribution in [0.3, 0.4) is 0 Å². The molecule has 5 rings (SSSR count). The van der Waals surface area contributed by atoms with Crippen molar-refractivity contribution in [1.82, 2.24) is 19.5 Å². The largest absolute Gasteiger partial charge is 0.354 e. The number of amides is 2. The van der Waals surface area contributed by atoms with E-state index in [0.29, 0.717) is 44.7 Å². The Labute approximate surface area is 217 Å². The second-order valence-electron chi connectivity index (χ2n) is 9.63. The Hall–Kier alpha value is -3.28. The number of ether oxygens (including phenoxy) is 1. The zero-order valence-electron chi connectivity index (χ0n) is 20.7. The summed E-state index contributed by atoms with van der Waals surface area (Å²) < 4.78 is 33.7. The van der Waals surface area contributed by atoms with Crippen LogP contribution in [-0.2, 0) is 19.6 Å². The van der Waals surface area contributed by atoms with E-state index in [1.165, 1.54) is 22.5 Å². The van der Waals surface area contributed by atoms with Crippen molar-refractivity contribution in [2.45, 2.75) is 30.6 Å². The number of carbonyl (C=O) groups is 2. The van der Waals surface area contributed by atoms with E-state index in [-0.39, 0.29) is 35.3 Å². The Bertz CT molecular complexity index is 1280. The lowest BCUT2D eigenvalue weighted by molar-refractivity contribution is -0.120. The quantitative estimate of drug-likeness (QED) is 0.568. The number of pyridine rings is 1. The van der Waals surface area contributed by atoms with Gasteiger partial charge in [0.1, 0.15) is 12.0 Å². The summed E-state index contributed by atoms with van der Waals surface area (Å²) in [6, 6.07) is 12.1. The van der Waals surface area contributed by atoms with Crippen LogP contribution in [0.5, 0.6) is 0 Å². The lowest BCUT2D eigenvalue weighted by Crippen LogP contribution is -2.49. The van der Waals surface area contributed by atoms with Crippen molar-refractivity contribution in [2.24, 2.45) is 5.92 Å². The fourth-order valence-electron chi connectivity index (χ4n) is 5.18.